The van der Waals surface area contributed by atoms with Gasteiger partial charge in [0.1, 0.15) is 5.75 Å². The highest BCUT2D eigenvalue weighted by atomic mass is 35.5. The van der Waals surface area contributed by atoms with E-state index in [2.05, 4.69) is 53.4 Å². The van der Waals surface area contributed by atoms with E-state index in [1.807, 2.05) is 12.3 Å². The summed E-state index contributed by atoms with van der Waals surface area (Å²) in [7, 11) is 1.48. The average Bonchev–Trinajstić information content (AvgIpc) is 3.22. The van der Waals surface area contributed by atoms with Gasteiger partial charge in [-0.25, -0.2) is 0 Å². The van der Waals surface area contributed by atoms with Crippen LogP contribution in [0.4, 0.5) is 0 Å². The molecular weight excluding hydrogens is 568 g/mol. The van der Waals surface area contributed by atoms with Crippen LogP contribution in [0.15, 0.2) is 66.4 Å². The molecule has 5 nitrogen and oxygen atoms in total. The summed E-state index contributed by atoms with van der Waals surface area (Å²) < 4.78 is 10.9. The molecule has 6 heteroatoms. The minimum Gasteiger partial charge on any atom is -0.494 e. The summed E-state index contributed by atoms with van der Waals surface area (Å²) in [6, 6.07) is 19.4. The van der Waals surface area contributed by atoms with Crippen molar-refractivity contribution in [3.8, 4) is 5.75 Å². The summed E-state index contributed by atoms with van der Waals surface area (Å²) in [5.74, 6) is 1.94. The number of benzene rings is 2. The lowest BCUT2D eigenvalue weighted by Crippen LogP contribution is -2.32. The minimum atomic E-state index is -0.0789. The molecule has 1 aliphatic heterocycles. The Bertz CT molecular complexity index is 1450. The van der Waals surface area contributed by atoms with Crippen molar-refractivity contribution < 1.29 is 14.3 Å². The molecule has 3 aromatic rings. The van der Waals surface area contributed by atoms with Crippen LogP contribution < -0.4 is 4.74 Å². The summed E-state index contributed by atoms with van der Waals surface area (Å²) in [6.07, 6.45) is 13.4. The van der Waals surface area contributed by atoms with Crippen LogP contribution in [-0.4, -0.2) is 49.2 Å². The summed E-state index contributed by atoms with van der Waals surface area (Å²) in [6.45, 7) is 4.06. The van der Waals surface area contributed by atoms with Gasteiger partial charge in [0, 0.05) is 36.3 Å². The summed E-state index contributed by atoms with van der Waals surface area (Å²) in [5.41, 5.74) is 9.47. The van der Waals surface area contributed by atoms with Crippen LogP contribution in [0.2, 0.25) is 5.02 Å². The highest BCUT2D eigenvalue weighted by Gasteiger charge is 2.26. The van der Waals surface area contributed by atoms with Gasteiger partial charge in [0.05, 0.1) is 19.4 Å². The number of esters is 1. The van der Waals surface area contributed by atoms with Gasteiger partial charge in [-0.15, -0.1) is 0 Å². The molecule has 0 atom stereocenters. The molecule has 2 aromatic carbocycles. The third-order valence-electron chi connectivity index (χ3n) is 9.96. The van der Waals surface area contributed by atoms with Crippen LogP contribution in [0.25, 0.3) is 5.57 Å². The molecule has 232 valence electrons. The van der Waals surface area contributed by atoms with Gasteiger partial charge in [0.25, 0.3) is 0 Å². The maximum Gasteiger partial charge on any atom is 0.305 e. The maximum absolute atomic E-state index is 11.6. The fourth-order valence-corrected chi connectivity index (χ4v) is 7.61. The molecule has 0 bridgehead atoms. The number of hydrogen-bond donors (Lipinski definition) is 0. The molecular formula is C38H45ClN2O3. The van der Waals surface area contributed by atoms with Crippen molar-refractivity contribution in [2.24, 2.45) is 5.92 Å². The zero-order valence-corrected chi connectivity index (χ0v) is 26.8. The molecule has 0 unspecified atom stereocenters. The van der Waals surface area contributed by atoms with E-state index < -0.39 is 0 Å². The van der Waals surface area contributed by atoms with Crippen molar-refractivity contribution in [3.05, 3.63) is 99.3 Å². The molecule has 2 fully saturated rings. The number of halogens is 1. The topological polar surface area (TPSA) is 51.7 Å². The number of fused-ring (bicyclic) bond motifs is 2. The lowest BCUT2D eigenvalue weighted by Gasteiger charge is -2.30. The van der Waals surface area contributed by atoms with Gasteiger partial charge in [-0.3, -0.25) is 9.78 Å². The molecule has 2 aliphatic carbocycles. The number of carbonyl (C=O) groups excluding carboxylic acids is 1. The Morgan fingerprint density at radius 2 is 1.70 bits per heavy atom. The Morgan fingerprint density at radius 1 is 0.932 bits per heavy atom. The molecule has 1 aromatic heterocycles. The van der Waals surface area contributed by atoms with Gasteiger partial charge in [-0.1, -0.05) is 41.4 Å². The van der Waals surface area contributed by atoms with E-state index in [4.69, 9.17) is 26.1 Å². The highest BCUT2D eigenvalue weighted by molar-refractivity contribution is 6.30. The Morgan fingerprint density at radius 3 is 2.48 bits per heavy atom. The van der Waals surface area contributed by atoms with E-state index in [0.717, 1.165) is 101 Å². The van der Waals surface area contributed by atoms with Crippen LogP contribution >= 0.6 is 11.6 Å². The molecule has 3 aliphatic rings. The lowest BCUT2D eigenvalue weighted by molar-refractivity contribution is -0.142. The Hall–Kier alpha value is -3.15. The second kappa shape index (κ2) is 14.8. The predicted octanol–water partition coefficient (Wildman–Crippen LogP) is 8.43. The highest BCUT2D eigenvalue weighted by Crippen LogP contribution is 2.39. The van der Waals surface area contributed by atoms with Crippen molar-refractivity contribution >= 4 is 23.1 Å². The van der Waals surface area contributed by atoms with E-state index in [9.17, 15) is 4.79 Å². The number of aryl methyl sites for hydroxylation is 2. The summed E-state index contributed by atoms with van der Waals surface area (Å²) in [4.78, 5) is 19.1. The van der Waals surface area contributed by atoms with Gasteiger partial charge in [0.2, 0.25) is 0 Å². The van der Waals surface area contributed by atoms with Crippen LogP contribution in [-0.2, 0) is 22.4 Å². The minimum absolute atomic E-state index is 0.0789. The first kappa shape index (κ1) is 30.9. The zero-order valence-electron chi connectivity index (χ0n) is 26.0. The Labute approximate surface area is 267 Å². The van der Waals surface area contributed by atoms with Gasteiger partial charge in [-0.2, -0.15) is 0 Å². The van der Waals surface area contributed by atoms with E-state index >= 15 is 0 Å². The third-order valence-corrected chi connectivity index (χ3v) is 10.2. The second-order valence-electron chi connectivity index (χ2n) is 12.8. The first-order valence-electron chi connectivity index (χ1n) is 16.5. The molecule has 6 rings (SSSR count). The van der Waals surface area contributed by atoms with Crippen molar-refractivity contribution in [3.63, 3.8) is 0 Å². The van der Waals surface area contributed by atoms with E-state index in [-0.39, 0.29) is 5.97 Å². The van der Waals surface area contributed by atoms with Crippen molar-refractivity contribution in [1.29, 1.82) is 0 Å². The number of unbranched alkanes of at least 4 members (excludes halogenated alkanes) is 1. The number of rotatable bonds is 9. The van der Waals surface area contributed by atoms with Gasteiger partial charge in [0.15, 0.2) is 0 Å². The van der Waals surface area contributed by atoms with E-state index in [0.29, 0.717) is 18.3 Å². The van der Waals surface area contributed by atoms with Crippen molar-refractivity contribution in [1.82, 2.24) is 9.88 Å². The number of nitrogens with zero attached hydrogens (tertiary/aromatic N) is 2. The van der Waals surface area contributed by atoms with Gasteiger partial charge < -0.3 is 14.4 Å². The molecule has 44 heavy (non-hydrogen) atoms. The van der Waals surface area contributed by atoms with Crippen LogP contribution in [0.1, 0.15) is 91.7 Å². The number of likely N-dealkylation sites (tertiary alicyclic amines) is 1. The SMILES string of the molecule is COC(=O)C[C@H]1CC[C@H](c2ccc(OCCCCN3CCC(=C4c5ccc(Cl)cc5CCc5cccnc54)CC3)cc2)CC1. The van der Waals surface area contributed by atoms with Gasteiger partial charge in [-0.05, 0) is 135 Å². The number of carbonyl (C=O) groups is 1. The summed E-state index contributed by atoms with van der Waals surface area (Å²) in [5, 5.41) is 0.815. The Balaban J connectivity index is 0.951. The molecule has 0 spiro atoms. The normalized spacial score (nSPS) is 20.4. The molecule has 0 amide bonds. The number of methoxy groups -OCH3 is 1. The van der Waals surface area contributed by atoms with Crippen LogP contribution in [0.5, 0.6) is 5.75 Å². The number of hydrogen-bond acceptors (Lipinski definition) is 5. The Kier molecular flexibility index (Phi) is 10.3. The first-order valence-corrected chi connectivity index (χ1v) is 16.9. The van der Waals surface area contributed by atoms with Crippen molar-refractivity contribution in [2.75, 3.05) is 33.4 Å². The smallest absolute Gasteiger partial charge is 0.305 e. The second-order valence-corrected chi connectivity index (χ2v) is 13.2. The fraction of sp³-hybridized carbons (Fsp3) is 0.474. The standard InChI is InChI=1S/C38H45ClN2O3/c1-43-36(42)25-27-6-8-28(9-7-27)29-12-15-34(16-13-29)44-24-3-2-21-41-22-18-30(19-23-41)37-35-17-14-33(39)26-32(35)11-10-31-5-4-20-40-38(31)37/h4-5,12-17,20,26-28H,2-3,6-11,18-19,21-25H2,1H3/t27-,28-. The third kappa shape index (κ3) is 7.55. The maximum atomic E-state index is 11.6. The van der Waals surface area contributed by atoms with E-state index in [1.54, 1.807) is 0 Å². The quantitative estimate of drug-likeness (QED) is 0.179. The first-order chi connectivity index (χ1) is 21.6. The molecule has 0 radical (unpaired) electrons. The lowest BCUT2D eigenvalue weighted by atomic mass is 9.77. The average molecular weight is 613 g/mol. The number of piperidine rings is 1. The summed E-state index contributed by atoms with van der Waals surface area (Å²) >= 11 is 6.40. The van der Waals surface area contributed by atoms with Crippen molar-refractivity contribution in [2.45, 2.75) is 76.5 Å². The molecule has 1 saturated heterocycles. The van der Waals surface area contributed by atoms with E-state index in [1.165, 1.54) is 46.2 Å². The molecule has 1 saturated carbocycles. The largest absolute Gasteiger partial charge is 0.494 e. The van der Waals surface area contributed by atoms with Crippen LogP contribution in [0.3, 0.4) is 0 Å². The molecule has 2 heterocycles. The zero-order chi connectivity index (χ0) is 30.3. The predicted molar refractivity (Wildman–Crippen MR) is 177 cm³/mol. The van der Waals surface area contributed by atoms with Gasteiger partial charge >= 0.3 is 5.97 Å². The number of ether oxygens (including phenoxy) is 2. The molecule has 0 N–H and O–H groups in total. The number of aromatic nitrogens is 1. The number of pyridine rings is 1. The monoisotopic (exact) mass is 612 g/mol. The fourth-order valence-electron chi connectivity index (χ4n) is 7.41. The van der Waals surface area contributed by atoms with Crippen LogP contribution in [0, 0.1) is 5.92 Å².